The first kappa shape index (κ1) is 15.9. The number of hydrogen-bond donors (Lipinski definition) is 1. The maximum absolute atomic E-state index is 6.32. The third-order valence-electron chi connectivity index (χ3n) is 3.60. The van der Waals surface area contributed by atoms with Gasteiger partial charge in [-0.05, 0) is 49.1 Å². The highest BCUT2D eigenvalue weighted by atomic mass is 35.5. The summed E-state index contributed by atoms with van der Waals surface area (Å²) in [5.41, 5.74) is 8.30. The fourth-order valence-corrected chi connectivity index (χ4v) is 2.44. The summed E-state index contributed by atoms with van der Waals surface area (Å²) in [6.45, 7) is 4.21. The Hall–Kier alpha value is -1.51. The van der Waals surface area contributed by atoms with E-state index >= 15 is 0 Å². The van der Waals surface area contributed by atoms with E-state index in [1.165, 1.54) is 5.56 Å². The molecular formula is C18H22ClNO. The quantitative estimate of drug-likeness (QED) is 0.817. The Labute approximate surface area is 131 Å². The van der Waals surface area contributed by atoms with Crippen molar-refractivity contribution in [1.29, 1.82) is 0 Å². The van der Waals surface area contributed by atoms with Crippen LogP contribution in [0.5, 0.6) is 11.5 Å². The van der Waals surface area contributed by atoms with Crippen molar-refractivity contribution < 1.29 is 4.74 Å². The third kappa shape index (κ3) is 4.23. The number of rotatable bonds is 6. The van der Waals surface area contributed by atoms with E-state index in [1.807, 2.05) is 30.3 Å². The molecule has 2 nitrogen and oxygen atoms in total. The van der Waals surface area contributed by atoms with Crippen LogP contribution >= 0.6 is 11.6 Å². The molecular weight excluding hydrogens is 282 g/mol. The zero-order chi connectivity index (χ0) is 15.2. The fraction of sp³-hybridized carbons (Fsp3) is 0.333. The first-order valence-corrected chi connectivity index (χ1v) is 7.81. The van der Waals surface area contributed by atoms with Gasteiger partial charge in [-0.2, -0.15) is 0 Å². The van der Waals surface area contributed by atoms with Crippen molar-refractivity contribution in [3.05, 3.63) is 58.6 Å². The van der Waals surface area contributed by atoms with Gasteiger partial charge in [0.15, 0.2) is 0 Å². The minimum absolute atomic E-state index is 0.0919. The van der Waals surface area contributed by atoms with Crippen LogP contribution < -0.4 is 10.5 Å². The number of halogens is 1. The van der Waals surface area contributed by atoms with E-state index in [0.717, 1.165) is 36.3 Å². The van der Waals surface area contributed by atoms with Crippen LogP contribution in [-0.4, -0.2) is 6.04 Å². The first-order chi connectivity index (χ1) is 10.1. The van der Waals surface area contributed by atoms with E-state index in [4.69, 9.17) is 22.1 Å². The summed E-state index contributed by atoms with van der Waals surface area (Å²) in [5, 5.41) is 0.711. The highest BCUT2D eigenvalue weighted by molar-refractivity contribution is 6.31. The van der Waals surface area contributed by atoms with Crippen molar-refractivity contribution >= 4 is 11.6 Å². The van der Waals surface area contributed by atoms with E-state index in [2.05, 4.69) is 26.0 Å². The molecule has 1 unspecified atom stereocenters. The molecule has 0 aromatic heterocycles. The Morgan fingerprint density at radius 1 is 1.14 bits per heavy atom. The highest BCUT2D eigenvalue weighted by Crippen LogP contribution is 2.32. The molecule has 0 spiro atoms. The molecule has 0 radical (unpaired) electrons. The molecule has 3 heteroatoms. The monoisotopic (exact) mass is 303 g/mol. The molecule has 2 rings (SSSR count). The van der Waals surface area contributed by atoms with Crippen LogP contribution in [0.2, 0.25) is 5.02 Å². The fourth-order valence-electron chi connectivity index (χ4n) is 2.19. The minimum Gasteiger partial charge on any atom is -0.457 e. The van der Waals surface area contributed by atoms with Crippen LogP contribution in [0.15, 0.2) is 42.5 Å². The van der Waals surface area contributed by atoms with E-state index in [-0.39, 0.29) is 6.04 Å². The Morgan fingerprint density at radius 3 is 2.62 bits per heavy atom. The predicted molar refractivity (Wildman–Crippen MR) is 89.3 cm³/mol. The molecule has 0 aliphatic heterocycles. The molecule has 2 aromatic carbocycles. The van der Waals surface area contributed by atoms with Crippen LogP contribution in [0.1, 0.15) is 31.4 Å². The molecule has 0 fully saturated rings. The second-order valence-corrected chi connectivity index (χ2v) is 5.60. The van der Waals surface area contributed by atoms with Gasteiger partial charge in [0, 0.05) is 16.6 Å². The molecule has 0 saturated heterocycles. The van der Waals surface area contributed by atoms with Gasteiger partial charge < -0.3 is 10.5 Å². The SMILES string of the molecule is CCc1cccc(Oc2cccc(Cl)c2CC(N)CC)c1. The normalized spacial score (nSPS) is 12.2. The lowest BCUT2D eigenvalue weighted by atomic mass is 10.0. The maximum Gasteiger partial charge on any atom is 0.132 e. The third-order valence-corrected chi connectivity index (χ3v) is 3.96. The lowest BCUT2D eigenvalue weighted by molar-refractivity contribution is 0.471. The topological polar surface area (TPSA) is 35.2 Å². The van der Waals surface area contributed by atoms with Crippen LogP contribution in [-0.2, 0) is 12.8 Å². The molecule has 0 amide bonds. The van der Waals surface area contributed by atoms with Crippen molar-refractivity contribution in [2.24, 2.45) is 5.73 Å². The summed E-state index contributed by atoms with van der Waals surface area (Å²) in [6.07, 6.45) is 2.62. The largest absolute Gasteiger partial charge is 0.457 e. The average Bonchev–Trinajstić information content (AvgIpc) is 2.50. The van der Waals surface area contributed by atoms with Crippen molar-refractivity contribution in [3.8, 4) is 11.5 Å². The summed E-state index contributed by atoms with van der Waals surface area (Å²) in [5.74, 6) is 1.63. The molecule has 0 bridgehead atoms. The number of nitrogens with two attached hydrogens (primary N) is 1. The summed E-state index contributed by atoms with van der Waals surface area (Å²) >= 11 is 6.32. The van der Waals surface area contributed by atoms with Gasteiger partial charge in [0.05, 0.1) is 0 Å². The minimum atomic E-state index is 0.0919. The van der Waals surface area contributed by atoms with Crippen LogP contribution in [0, 0.1) is 0 Å². The molecule has 0 aliphatic carbocycles. The van der Waals surface area contributed by atoms with Crippen LogP contribution in [0.25, 0.3) is 0 Å². The molecule has 2 N–H and O–H groups in total. The summed E-state index contributed by atoms with van der Waals surface area (Å²) in [7, 11) is 0. The standard InChI is InChI=1S/C18H22ClNO/c1-3-13-7-5-8-15(11-13)21-18-10-6-9-17(19)16(18)12-14(20)4-2/h5-11,14H,3-4,12,20H2,1-2H3. The molecule has 0 aliphatic rings. The van der Waals surface area contributed by atoms with Crippen LogP contribution in [0.3, 0.4) is 0 Å². The molecule has 2 aromatic rings. The first-order valence-electron chi connectivity index (χ1n) is 7.43. The Bertz CT molecular complexity index is 598. The van der Waals surface area contributed by atoms with Gasteiger partial charge in [-0.1, -0.05) is 43.6 Å². The van der Waals surface area contributed by atoms with Gasteiger partial charge >= 0.3 is 0 Å². The predicted octanol–water partition coefficient (Wildman–Crippen LogP) is 4.97. The van der Waals surface area contributed by atoms with Gasteiger partial charge in [0.25, 0.3) is 0 Å². The molecule has 112 valence electrons. The number of ether oxygens (including phenoxy) is 1. The smallest absolute Gasteiger partial charge is 0.132 e. The van der Waals surface area contributed by atoms with Crippen molar-refractivity contribution in [1.82, 2.24) is 0 Å². The Kier molecular flexibility index (Phi) is 5.66. The highest BCUT2D eigenvalue weighted by Gasteiger charge is 2.12. The Balaban J connectivity index is 2.28. The second-order valence-electron chi connectivity index (χ2n) is 5.19. The van der Waals surface area contributed by atoms with Gasteiger partial charge in [-0.15, -0.1) is 0 Å². The molecule has 1 atom stereocenters. The number of aryl methyl sites for hydroxylation is 1. The molecule has 0 heterocycles. The van der Waals surface area contributed by atoms with Gasteiger partial charge in [-0.25, -0.2) is 0 Å². The van der Waals surface area contributed by atoms with E-state index in [0.29, 0.717) is 5.02 Å². The van der Waals surface area contributed by atoms with Gasteiger partial charge in [0.2, 0.25) is 0 Å². The van der Waals surface area contributed by atoms with E-state index in [1.54, 1.807) is 0 Å². The van der Waals surface area contributed by atoms with Gasteiger partial charge in [0.1, 0.15) is 11.5 Å². The lowest BCUT2D eigenvalue weighted by Crippen LogP contribution is -2.21. The average molecular weight is 304 g/mol. The van der Waals surface area contributed by atoms with Crippen molar-refractivity contribution in [2.45, 2.75) is 39.2 Å². The van der Waals surface area contributed by atoms with Crippen molar-refractivity contribution in [3.63, 3.8) is 0 Å². The molecule has 0 saturated carbocycles. The zero-order valence-corrected chi connectivity index (χ0v) is 13.4. The molecule has 21 heavy (non-hydrogen) atoms. The van der Waals surface area contributed by atoms with E-state index in [9.17, 15) is 0 Å². The summed E-state index contributed by atoms with van der Waals surface area (Å²) < 4.78 is 6.04. The number of benzene rings is 2. The summed E-state index contributed by atoms with van der Waals surface area (Å²) in [4.78, 5) is 0. The zero-order valence-electron chi connectivity index (χ0n) is 12.6. The van der Waals surface area contributed by atoms with E-state index < -0.39 is 0 Å². The summed E-state index contributed by atoms with van der Waals surface area (Å²) in [6, 6.07) is 14.0. The number of hydrogen-bond acceptors (Lipinski definition) is 2. The van der Waals surface area contributed by atoms with Crippen LogP contribution in [0.4, 0.5) is 0 Å². The van der Waals surface area contributed by atoms with Crippen molar-refractivity contribution in [2.75, 3.05) is 0 Å². The Morgan fingerprint density at radius 2 is 1.90 bits per heavy atom. The lowest BCUT2D eigenvalue weighted by Gasteiger charge is -2.16. The maximum atomic E-state index is 6.32. The second kappa shape index (κ2) is 7.48. The van der Waals surface area contributed by atoms with Gasteiger partial charge in [-0.3, -0.25) is 0 Å².